The molecule has 2 aromatic rings. The number of rotatable bonds is 5. The molecule has 3 rings (SSSR count). The quantitative estimate of drug-likeness (QED) is 0.275. The van der Waals surface area contributed by atoms with Gasteiger partial charge in [0.15, 0.2) is 0 Å². The Morgan fingerprint density at radius 2 is 1.37 bits per heavy atom. The lowest BCUT2D eigenvalue weighted by molar-refractivity contribution is -1.02. The summed E-state index contributed by atoms with van der Waals surface area (Å²) >= 11 is 3.53. The van der Waals surface area contributed by atoms with Crippen LogP contribution in [0.15, 0.2) is 65.1 Å². The summed E-state index contributed by atoms with van der Waals surface area (Å²) < 4.78 is 3.46. The van der Waals surface area contributed by atoms with E-state index in [4.69, 9.17) is 0 Å². The third kappa shape index (κ3) is 7.76. The van der Waals surface area contributed by atoms with Crippen molar-refractivity contribution in [3.05, 3.63) is 76.3 Å². The second-order valence-corrected chi connectivity index (χ2v) is 8.83. The van der Waals surface area contributed by atoms with E-state index in [-0.39, 0.29) is 48.0 Å². The molecular weight excluding hydrogens is 626 g/mol. The van der Waals surface area contributed by atoms with Crippen molar-refractivity contribution in [2.75, 3.05) is 46.8 Å². The van der Waals surface area contributed by atoms with Crippen LogP contribution < -0.4 is 48.0 Å². The molecular formula is C22H29BrI2N2. The minimum absolute atomic E-state index is 0. The Balaban J connectivity index is 0.00000182. The summed E-state index contributed by atoms with van der Waals surface area (Å²) in [5.74, 6) is 0. The summed E-state index contributed by atoms with van der Waals surface area (Å²) in [5, 5.41) is 0. The second-order valence-electron chi connectivity index (χ2n) is 7.91. The molecule has 0 unspecified atom stereocenters. The lowest BCUT2D eigenvalue weighted by atomic mass is 10.1. The van der Waals surface area contributed by atoms with Crippen LogP contribution in [0.1, 0.15) is 11.1 Å². The molecule has 0 radical (unpaired) electrons. The van der Waals surface area contributed by atoms with Crippen LogP contribution in [-0.2, 0) is 6.54 Å². The lowest BCUT2D eigenvalue weighted by Crippen LogP contribution is -3.00. The largest absolute Gasteiger partial charge is 1.00 e. The molecule has 1 saturated heterocycles. The molecule has 0 saturated carbocycles. The highest BCUT2D eigenvalue weighted by molar-refractivity contribution is 9.10. The zero-order valence-electron chi connectivity index (χ0n) is 16.1. The van der Waals surface area contributed by atoms with Gasteiger partial charge in [0, 0.05) is 10.0 Å². The van der Waals surface area contributed by atoms with Crippen LogP contribution >= 0.6 is 15.9 Å². The third-order valence-corrected chi connectivity index (χ3v) is 6.02. The Labute approximate surface area is 207 Å². The number of halogens is 3. The molecule has 2 nitrogen and oxygen atoms in total. The topological polar surface area (TPSA) is 0 Å². The molecule has 1 aliphatic heterocycles. The van der Waals surface area contributed by atoms with Gasteiger partial charge in [0.1, 0.15) is 32.7 Å². The van der Waals surface area contributed by atoms with Gasteiger partial charge in [-0.15, -0.1) is 0 Å². The molecule has 0 aliphatic carbocycles. The zero-order valence-corrected chi connectivity index (χ0v) is 22.0. The van der Waals surface area contributed by atoms with Crippen molar-refractivity contribution in [2.45, 2.75) is 6.54 Å². The monoisotopic (exact) mass is 654 g/mol. The van der Waals surface area contributed by atoms with Crippen molar-refractivity contribution in [3.8, 4) is 0 Å². The van der Waals surface area contributed by atoms with Gasteiger partial charge in [-0.05, 0) is 23.8 Å². The first-order valence-electron chi connectivity index (χ1n) is 9.10. The fourth-order valence-electron chi connectivity index (χ4n) is 3.57. The molecule has 27 heavy (non-hydrogen) atoms. The zero-order chi connectivity index (χ0) is 17.8. The van der Waals surface area contributed by atoms with Crippen LogP contribution in [0.5, 0.6) is 0 Å². The minimum atomic E-state index is 0. The first kappa shape index (κ1) is 25.1. The third-order valence-electron chi connectivity index (χ3n) is 5.49. The van der Waals surface area contributed by atoms with Crippen molar-refractivity contribution in [1.29, 1.82) is 0 Å². The summed E-state index contributed by atoms with van der Waals surface area (Å²) in [6.45, 7) is 7.22. The van der Waals surface area contributed by atoms with Crippen LogP contribution in [0.25, 0.3) is 6.08 Å². The average molecular weight is 655 g/mol. The maximum atomic E-state index is 3.53. The first-order chi connectivity index (χ1) is 12.0. The molecule has 0 aromatic heterocycles. The van der Waals surface area contributed by atoms with Crippen molar-refractivity contribution >= 4 is 22.0 Å². The fourth-order valence-corrected chi connectivity index (χ4v) is 3.83. The Hall–Kier alpha value is 0.0400. The molecule has 0 bridgehead atoms. The van der Waals surface area contributed by atoms with Gasteiger partial charge >= 0.3 is 0 Å². The molecule has 0 spiro atoms. The maximum absolute atomic E-state index is 3.53. The Morgan fingerprint density at radius 3 is 1.96 bits per heavy atom. The SMILES string of the molecule is C[N+]1(CC=Cc2ccccc2)CC[N+](C)(Cc2ccc(Br)cc2)CC1.[I-].[I-]. The summed E-state index contributed by atoms with van der Waals surface area (Å²) in [5.41, 5.74) is 2.73. The molecule has 148 valence electrons. The van der Waals surface area contributed by atoms with E-state index in [9.17, 15) is 0 Å². The molecule has 1 fully saturated rings. The summed E-state index contributed by atoms with van der Waals surface area (Å²) in [4.78, 5) is 0. The number of quaternary nitrogens is 2. The minimum Gasteiger partial charge on any atom is -1.00 e. The Morgan fingerprint density at radius 1 is 0.815 bits per heavy atom. The fraction of sp³-hybridized carbons (Fsp3) is 0.364. The van der Waals surface area contributed by atoms with Crippen molar-refractivity contribution in [2.24, 2.45) is 0 Å². The number of nitrogens with zero attached hydrogens (tertiary/aromatic N) is 2. The highest BCUT2D eigenvalue weighted by Crippen LogP contribution is 2.21. The van der Waals surface area contributed by atoms with Crippen LogP contribution in [0.3, 0.4) is 0 Å². The molecule has 1 aliphatic rings. The van der Waals surface area contributed by atoms with Gasteiger partial charge in [0.25, 0.3) is 0 Å². The van der Waals surface area contributed by atoms with Gasteiger partial charge in [-0.3, -0.25) is 0 Å². The van der Waals surface area contributed by atoms with E-state index < -0.39 is 0 Å². The number of hydrogen-bond donors (Lipinski definition) is 0. The highest BCUT2D eigenvalue weighted by atomic mass is 127. The van der Waals surface area contributed by atoms with Gasteiger partial charge in [-0.2, -0.15) is 0 Å². The molecule has 1 heterocycles. The van der Waals surface area contributed by atoms with Gasteiger partial charge in [-0.25, -0.2) is 0 Å². The Bertz CT molecular complexity index is 709. The standard InChI is InChI=1S/C22H29BrN2.2HI/c1-24(14-6-9-20-7-4-3-5-8-20)15-17-25(2,18-16-24)19-21-10-12-22(23)13-11-21;;/h3-13H,14-19H2,1-2H3;2*1H/q+2;;/p-2. The van der Waals surface area contributed by atoms with E-state index >= 15 is 0 Å². The highest BCUT2D eigenvalue weighted by Gasteiger charge is 2.36. The average Bonchev–Trinajstić information content (AvgIpc) is 2.61. The van der Waals surface area contributed by atoms with Gasteiger partial charge in [0.2, 0.25) is 0 Å². The molecule has 2 aromatic carbocycles. The lowest BCUT2D eigenvalue weighted by Gasteiger charge is -2.46. The molecule has 0 N–H and O–H groups in total. The maximum Gasteiger partial charge on any atom is 0.129 e. The number of benzene rings is 2. The smallest absolute Gasteiger partial charge is 0.129 e. The van der Waals surface area contributed by atoms with Crippen molar-refractivity contribution in [3.63, 3.8) is 0 Å². The van der Waals surface area contributed by atoms with Gasteiger partial charge in [-0.1, -0.05) is 64.5 Å². The predicted molar refractivity (Wildman–Crippen MR) is 110 cm³/mol. The number of likely N-dealkylation sites (N-methyl/N-ethyl adjacent to an activating group) is 2. The first-order valence-corrected chi connectivity index (χ1v) is 9.89. The summed E-state index contributed by atoms with van der Waals surface area (Å²) in [6, 6.07) is 19.4. The predicted octanol–water partition coefficient (Wildman–Crippen LogP) is -1.42. The van der Waals surface area contributed by atoms with Gasteiger partial charge < -0.3 is 56.9 Å². The second kappa shape index (κ2) is 11.3. The van der Waals surface area contributed by atoms with Crippen LogP contribution in [0, 0.1) is 0 Å². The summed E-state index contributed by atoms with van der Waals surface area (Å²) in [6.07, 6.45) is 4.60. The molecule has 0 amide bonds. The van der Waals surface area contributed by atoms with Crippen molar-refractivity contribution in [1.82, 2.24) is 0 Å². The van der Waals surface area contributed by atoms with E-state index in [2.05, 4.69) is 96.8 Å². The van der Waals surface area contributed by atoms with E-state index in [0.717, 1.165) is 26.5 Å². The van der Waals surface area contributed by atoms with Crippen LogP contribution in [0.2, 0.25) is 0 Å². The summed E-state index contributed by atoms with van der Waals surface area (Å²) in [7, 11) is 4.81. The van der Waals surface area contributed by atoms with Crippen LogP contribution in [0.4, 0.5) is 0 Å². The number of piperazine rings is 1. The molecule has 0 atom stereocenters. The Kier molecular flexibility index (Phi) is 10.5. The van der Waals surface area contributed by atoms with Gasteiger partial charge in [0.05, 0.1) is 20.6 Å². The molecule has 5 heteroatoms. The number of hydrogen-bond acceptors (Lipinski definition) is 0. The van der Waals surface area contributed by atoms with E-state index in [0.29, 0.717) is 0 Å². The van der Waals surface area contributed by atoms with E-state index in [1.165, 1.54) is 37.3 Å². The van der Waals surface area contributed by atoms with Crippen LogP contribution in [-0.4, -0.2) is 55.8 Å². The van der Waals surface area contributed by atoms with Crippen molar-refractivity contribution < 1.29 is 56.9 Å². The van der Waals surface area contributed by atoms with E-state index in [1.54, 1.807) is 0 Å². The van der Waals surface area contributed by atoms with E-state index in [1.807, 2.05) is 0 Å². The normalized spacial score (nSPS) is 24.9.